The van der Waals surface area contributed by atoms with Crippen LogP contribution in [0, 0.1) is 0 Å². The van der Waals surface area contributed by atoms with Crippen LogP contribution in [-0.4, -0.2) is 40.9 Å². The van der Waals surface area contributed by atoms with E-state index in [-0.39, 0.29) is 30.2 Å². The number of hydrogen-bond donors (Lipinski definition) is 1. The summed E-state index contributed by atoms with van der Waals surface area (Å²) >= 11 is 0. The Morgan fingerprint density at radius 1 is 1.27 bits per heavy atom. The minimum atomic E-state index is -4.33. The first-order valence-corrected chi connectivity index (χ1v) is 8.36. The van der Waals surface area contributed by atoms with Crippen LogP contribution in [0.25, 0.3) is 0 Å². The Hall–Kier alpha value is -1.64. The number of halogens is 4. The van der Waals surface area contributed by atoms with Crippen molar-refractivity contribution in [3.05, 3.63) is 47.1 Å². The first-order chi connectivity index (χ1) is 11.9. The third kappa shape index (κ3) is 5.43. The molecule has 0 spiro atoms. The smallest absolute Gasteiger partial charge is 0.338 e. The summed E-state index contributed by atoms with van der Waals surface area (Å²) in [5, 5.41) is 6.80. The number of rotatable bonds is 5. The minimum absolute atomic E-state index is 0. The molecule has 2 heterocycles. The molecule has 1 aromatic heterocycles. The number of nitrogens with zero attached hydrogens (tertiary/aromatic N) is 3. The lowest BCUT2D eigenvalue weighted by molar-refractivity contribution is -0.128. The second-order valence-electron chi connectivity index (χ2n) is 6.18. The van der Waals surface area contributed by atoms with Gasteiger partial charge in [0.15, 0.2) is 5.82 Å². The molecule has 1 unspecified atom stereocenters. The quantitative estimate of drug-likeness (QED) is 0.849. The van der Waals surface area contributed by atoms with E-state index in [2.05, 4.69) is 51.5 Å². The molecule has 1 saturated heterocycles. The highest BCUT2D eigenvalue weighted by Gasteiger charge is 2.31. The second-order valence-corrected chi connectivity index (χ2v) is 6.18. The molecule has 2 aromatic rings. The first-order valence-electron chi connectivity index (χ1n) is 8.36. The van der Waals surface area contributed by atoms with Crippen LogP contribution in [0.2, 0.25) is 0 Å². The van der Waals surface area contributed by atoms with Crippen LogP contribution in [0.3, 0.4) is 0 Å². The third-order valence-corrected chi connectivity index (χ3v) is 4.33. The lowest BCUT2D eigenvalue weighted by Gasteiger charge is -2.35. The summed E-state index contributed by atoms with van der Waals surface area (Å²) in [4.78, 5) is 6.04. The molecule has 1 N–H and O–H groups in total. The lowest BCUT2D eigenvalue weighted by Crippen LogP contribution is -2.45. The molecule has 0 aliphatic carbocycles. The summed E-state index contributed by atoms with van der Waals surface area (Å²) in [7, 11) is 0. The molecule has 1 aliphatic heterocycles. The van der Waals surface area contributed by atoms with Gasteiger partial charge in [-0.3, -0.25) is 4.90 Å². The molecule has 0 amide bonds. The predicted octanol–water partition coefficient (Wildman–Crippen LogP) is 3.31. The van der Waals surface area contributed by atoms with Crippen LogP contribution in [-0.2, 0) is 19.4 Å². The Labute approximate surface area is 156 Å². The first kappa shape index (κ1) is 20.7. The topological polar surface area (TPSA) is 54.2 Å². The Kier molecular flexibility index (Phi) is 7.02. The van der Waals surface area contributed by atoms with E-state index in [1.54, 1.807) is 0 Å². The summed E-state index contributed by atoms with van der Waals surface area (Å²) in [6.45, 7) is 4.80. The summed E-state index contributed by atoms with van der Waals surface area (Å²) in [5.41, 5.74) is 2.44. The van der Waals surface area contributed by atoms with E-state index in [9.17, 15) is 13.2 Å². The van der Waals surface area contributed by atoms with Crippen LogP contribution in [0.1, 0.15) is 35.8 Å². The normalized spacial score (nSPS) is 18.5. The number of piperazine rings is 1. The maximum Gasteiger partial charge on any atom is 0.396 e. The fourth-order valence-corrected chi connectivity index (χ4v) is 3.02. The van der Waals surface area contributed by atoms with Gasteiger partial charge in [-0.15, -0.1) is 12.4 Å². The monoisotopic (exact) mass is 390 g/mol. The third-order valence-electron chi connectivity index (χ3n) is 4.33. The Bertz CT molecular complexity index is 690. The van der Waals surface area contributed by atoms with Crippen molar-refractivity contribution in [2.24, 2.45) is 0 Å². The van der Waals surface area contributed by atoms with Gasteiger partial charge in [-0.25, -0.2) is 0 Å². The molecule has 9 heteroatoms. The molecule has 0 saturated carbocycles. The molecule has 0 bridgehead atoms. The van der Waals surface area contributed by atoms with Gasteiger partial charge in [0.1, 0.15) is 6.42 Å². The van der Waals surface area contributed by atoms with Crippen LogP contribution in [0.4, 0.5) is 13.2 Å². The zero-order chi connectivity index (χ0) is 17.9. The van der Waals surface area contributed by atoms with Gasteiger partial charge in [0, 0.05) is 25.7 Å². The molecule has 1 atom stereocenters. The van der Waals surface area contributed by atoms with Crippen molar-refractivity contribution in [3.63, 3.8) is 0 Å². The van der Waals surface area contributed by atoms with Gasteiger partial charge in [-0.05, 0) is 17.5 Å². The van der Waals surface area contributed by atoms with E-state index in [0.29, 0.717) is 6.54 Å². The maximum atomic E-state index is 12.4. The maximum absolute atomic E-state index is 12.4. The molecular formula is C17H22ClF3N4O. The average Bonchev–Trinajstić information content (AvgIpc) is 3.00. The summed E-state index contributed by atoms with van der Waals surface area (Å²) in [5.74, 6) is -0.0992. The highest BCUT2D eigenvalue weighted by Crippen LogP contribution is 2.25. The van der Waals surface area contributed by atoms with Gasteiger partial charge in [0.05, 0.1) is 6.54 Å². The van der Waals surface area contributed by atoms with Gasteiger partial charge in [0.2, 0.25) is 5.89 Å². The minimum Gasteiger partial charge on any atom is -0.338 e. The van der Waals surface area contributed by atoms with Gasteiger partial charge in [-0.1, -0.05) is 36.3 Å². The SMILES string of the molecule is CCc1ccc(C2CNCCN2Cc2nc(CC(F)(F)F)no2)cc1.Cl. The average molecular weight is 391 g/mol. The van der Waals surface area contributed by atoms with E-state index in [1.807, 2.05) is 0 Å². The van der Waals surface area contributed by atoms with Gasteiger partial charge in [-0.2, -0.15) is 18.2 Å². The Morgan fingerprint density at radius 2 is 2.00 bits per heavy atom. The zero-order valence-electron chi connectivity index (χ0n) is 14.4. The van der Waals surface area contributed by atoms with Crippen molar-refractivity contribution in [1.29, 1.82) is 0 Å². The Balaban J connectivity index is 0.00000243. The lowest BCUT2D eigenvalue weighted by atomic mass is 10.0. The summed E-state index contributed by atoms with van der Waals surface area (Å²) in [6.07, 6.45) is -4.52. The van der Waals surface area contributed by atoms with Gasteiger partial charge < -0.3 is 9.84 Å². The van der Waals surface area contributed by atoms with Crippen molar-refractivity contribution in [2.75, 3.05) is 19.6 Å². The van der Waals surface area contributed by atoms with Crippen LogP contribution < -0.4 is 5.32 Å². The van der Waals surface area contributed by atoms with Crippen LogP contribution in [0.15, 0.2) is 28.8 Å². The van der Waals surface area contributed by atoms with Crippen LogP contribution >= 0.6 is 12.4 Å². The Morgan fingerprint density at radius 3 is 2.65 bits per heavy atom. The van der Waals surface area contributed by atoms with Crippen molar-refractivity contribution in [3.8, 4) is 0 Å². The van der Waals surface area contributed by atoms with Crippen LogP contribution in [0.5, 0.6) is 0 Å². The van der Waals surface area contributed by atoms with Crippen molar-refractivity contribution < 1.29 is 17.7 Å². The molecule has 1 aliphatic rings. The van der Waals surface area contributed by atoms with Crippen molar-refractivity contribution in [1.82, 2.24) is 20.4 Å². The number of hydrogen-bond acceptors (Lipinski definition) is 5. The summed E-state index contributed by atoms with van der Waals surface area (Å²) in [6, 6.07) is 8.54. The van der Waals surface area contributed by atoms with E-state index < -0.39 is 12.6 Å². The number of aryl methyl sites for hydroxylation is 1. The molecule has 0 radical (unpaired) electrons. The van der Waals surface area contributed by atoms with Gasteiger partial charge in [0.25, 0.3) is 0 Å². The molecule has 1 fully saturated rings. The largest absolute Gasteiger partial charge is 0.396 e. The number of benzene rings is 1. The molecule has 5 nitrogen and oxygen atoms in total. The van der Waals surface area contributed by atoms with E-state index >= 15 is 0 Å². The number of nitrogens with one attached hydrogen (secondary N) is 1. The highest BCUT2D eigenvalue weighted by molar-refractivity contribution is 5.85. The summed E-state index contributed by atoms with van der Waals surface area (Å²) < 4.78 is 42.3. The standard InChI is InChI=1S/C17H21F3N4O.ClH/c1-2-12-3-5-13(6-4-12)14-10-21-7-8-24(14)11-16-22-15(23-25-16)9-17(18,19)20;/h3-6,14,21H,2,7-11H2,1H3;1H. The number of aromatic nitrogens is 2. The molecule has 1 aromatic carbocycles. The fraction of sp³-hybridized carbons (Fsp3) is 0.529. The van der Waals surface area contributed by atoms with Crippen molar-refractivity contribution in [2.45, 2.75) is 38.5 Å². The number of alkyl halides is 3. The fourth-order valence-electron chi connectivity index (χ4n) is 3.02. The molecule has 26 heavy (non-hydrogen) atoms. The molecule has 3 rings (SSSR count). The predicted molar refractivity (Wildman–Crippen MR) is 93.1 cm³/mol. The second kappa shape index (κ2) is 8.83. The molecular weight excluding hydrogens is 369 g/mol. The van der Waals surface area contributed by atoms with E-state index in [1.165, 1.54) is 11.1 Å². The van der Waals surface area contributed by atoms with Crippen molar-refractivity contribution >= 4 is 12.4 Å². The molecule has 144 valence electrons. The zero-order valence-corrected chi connectivity index (χ0v) is 15.2. The van der Waals surface area contributed by atoms with E-state index in [4.69, 9.17) is 4.52 Å². The van der Waals surface area contributed by atoms with E-state index in [0.717, 1.165) is 26.1 Å². The van der Waals surface area contributed by atoms with Gasteiger partial charge >= 0.3 is 6.18 Å². The highest BCUT2D eigenvalue weighted by atomic mass is 35.5.